The van der Waals surface area contributed by atoms with E-state index in [4.69, 9.17) is 4.74 Å². The second-order valence-electron chi connectivity index (χ2n) is 7.21. The molecule has 0 unspecified atom stereocenters. The zero-order valence-corrected chi connectivity index (χ0v) is 16.9. The van der Waals surface area contributed by atoms with Gasteiger partial charge in [-0.3, -0.25) is 0 Å². The normalized spacial score (nSPS) is 15.0. The van der Waals surface area contributed by atoms with Crippen molar-refractivity contribution < 1.29 is 13.9 Å². The van der Waals surface area contributed by atoms with Gasteiger partial charge in [0.1, 0.15) is 29.3 Å². The van der Waals surface area contributed by atoms with Gasteiger partial charge < -0.3 is 14.5 Å². The number of hydrogen-bond acceptors (Lipinski definition) is 6. The maximum Gasteiger partial charge on any atom is 0.410 e. The minimum Gasteiger partial charge on any atom is -0.444 e. The number of benzene rings is 1. The van der Waals surface area contributed by atoms with E-state index in [1.165, 1.54) is 6.33 Å². The lowest BCUT2D eigenvalue weighted by molar-refractivity contribution is 0.0240. The van der Waals surface area contributed by atoms with E-state index >= 15 is 0 Å². The summed E-state index contributed by atoms with van der Waals surface area (Å²) in [6, 6.07) is 3.55. The molecule has 1 fully saturated rings. The van der Waals surface area contributed by atoms with Crippen LogP contribution in [0.2, 0.25) is 0 Å². The quantitative estimate of drug-likeness (QED) is 0.681. The minimum absolute atomic E-state index is 0.0943. The summed E-state index contributed by atoms with van der Waals surface area (Å²) in [7, 11) is 0. The van der Waals surface area contributed by atoms with E-state index in [1.807, 2.05) is 31.7 Å². The molecule has 0 saturated carbocycles. The van der Waals surface area contributed by atoms with Crippen LogP contribution in [0.5, 0.6) is 0 Å². The van der Waals surface area contributed by atoms with Gasteiger partial charge >= 0.3 is 6.09 Å². The predicted molar refractivity (Wildman–Crippen MR) is 102 cm³/mol. The number of hydrogen-bond donors (Lipinski definition) is 0. The Balaban J connectivity index is 1.85. The fraction of sp³-hybridized carbons (Fsp3) is 0.444. The number of ether oxygens (including phenoxy) is 1. The van der Waals surface area contributed by atoms with Gasteiger partial charge in [-0.2, -0.15) is 5.26 Å². The second kappa shape index (κ2) is 7.27. The van der Waals surface area contributed by atoms with Crippen molar-refractivity contribution in [1.29, 1.82) is 5.26 Å². The Morgan fingerprint density at radius 3 is 2.56 bits per heavy atom. The summed E-state index contributed by atoms with van der Waals surface area (Å²) in [5.41, 5.74) is -0.209. The molecule has 2 heterocycles. The second-order valence-corrected chi connectivity index (χ2v) is 8.00. The van der Waals surface area contributed by atoms with Gasteiger partial charge in [0.05, 0.1) is 10.0 Å². The van der Waals surface area contributed by atoms with Crippen molar-refractivity contribution in [2.24, 2.45) is 0 Å². The zero-order valence-electron chi connectivity index (χ0n) is 15.3. The van der Waals surface area contributed by atoms with E-state index in [2.05, 4.69) is 25.9 Å². The van der Waals surface area contributed by atoms with Crippen molar-refractivity contribution in [1.82, 2.24) is 14.9 Å². The van der Waals surface area contributed by atoms with E-state index in [-0.39, 0.29) is 21.6 Å². The van der Waals surface area contributed by atoms with Crippen molar-refractivity contribution in [2.75, 3.05) is 31.1 Å². The molecule has 1 amide bonds. The Morgan fingerprint density at radius 2 is 1.96 bits per heavy atom. The number of rotatable bonds is 1. The molecule has 2 aromatic rings. The van der Waals surface area contributed by atoms with Crippen molar-refractivity contribution in [3.63, 3.8) is 0 Å². The molecule has 1 aliphatic heterocycles. The molecule has 1 aliphatic rings. The highest BCUT2D eigenvalue weighted by Gasteiger charge is 2.27. The number of amides is 1. The van der Waals surface area contributed by atoms with Crippen molar-refractivity contribution in [3.8, 4) is 6.07 Å². The van der Waals surface area contributed by atoms with Crippen LogP contribution in [0.4, 0.5) is 15.0 Å². The maximum atomic E-state index is 14.5. The van der Waals surface area contributed by atoms with E-state index in [1.54, 1.807) is 11.0 Å². The molecule has 3 rings (SSSR count). The number of carbonyl (C=O) groups is 1. The van der Waals surface area contributed by atoms with Crippen LogP contribution in [0.25, 0.3) is 10.9 Å². The molecule has 0 atom stereocenters. The van der Waals surface area contributed by atoms with Crippen LogP contribution in [0.3, 0.4) is 0 Å². The van der Waals surface area contributed by atoms with Crippen LogP contribution < -0.4 is 4.90 Å². The van der Waals surface area contributed by atoms with Gasteiger partial charge in [0.25, 0.3) is 0 Å². The van der Waals surface area contributed by atoms with Gasteiger partial charge in [0.15, 0.2) is 5.82 Å². The average Bonchev–Trinajstić information content (AvgIpc) is 2.63. The molecule has 1 saturated heterocycles. The van der Waals surface area contributed by atoms with E-state index in [0.717, 1.165) is 0 Å². The van der Waals surface area contributed by atoms with Crippen molar-refractivity contribution in [3.05, 3.63) is 28.2 Å². The molecule has 27 heavy (non-hydrogen) atoms. The fourth-order valence-electron chi connectivity index (χ4n) is 2.88. The number of nitriles is 1. The molecule has 0 radical (unpaired) electrons. The molecule has 0 spiro atoms. The van der Waals surface area contributed by atoms with Crippen molar-refractivity contribution >= 4 is 38.7 Å². The van der Waals surface area contributed by atoms with Crippen LogP contribution in [0, 0.1) is 17.1 Å². The third-order valence-corrected chi connectivity index (χ3v) is 4.92. The van der Waals surface area contributed by atoms with Gasteiger partial charge in [-0.1, -0.05) is 0 Å². The van der Waals surface area contributed by atoms with Gasteiger partial charge in [0.2, 0.25) is 0 Å². The zero-order chi connectivity index (χ0) is 19.8. The van der Waals surface area contributed by atoms with Gasteiger partial charge in [-0.25, -0.2) is 19.2 Å². The molecule has 7 nitrogen and oxygen atoms in total. The standard InChI is InChI=1S/C18H19BrFN5O2/c1-18(2,3)27-17(26)25-6-4-24(5-7-25)16-12-8-11(9-21)13(19)14(20)15(12)22-10-23-16/h8,10H,4-7H2,1-3H3. The van der Waals surface area contributed by atoms with Crippen LogP contribution in [0.1, 0.15) is 26.3 Å². The lowest BCUT2D eigenvalue weighted by Gasteiger charge is -2.36. The van der Waals surface area contributed by atoms with Crippen LogP contribution in [-0.2, 0) is 4.74 Å². The van der Waals surface area contributed by atoms with Gasteiger partial charge in [0, 0.05) is 31.6 Å². The highest BCUT2D eigenvalue weighted by atomic mass is 79.9. The average molecular weight is 436 g/mol. The smallest absolute Gasteiger partial charge is 0.410 e. The summed E-state index contributed by atoms with van der Waals surface area (Å²) in [6.07, 6.45) is 0.955. The third-order valence-electron chi connectivity index (χ3n) is 4.14. The minimum atomic E-state index is -0.583. The molecule has 0 bridgehead atoms. The predicted octanol–water partition coefficient (Wildman–Crippen LogP) is 3.46. The van der Waals surface area contributed by atoms with Crippen LogP contribution in [0.15, 0.2) is 16.9 Å². The summed E-state index contributed by atoms with van der Waals surface area (Å²) in [5, 5.41) is 9.71. The third kappa shape index (κ3) is 3.95. The topological polar surface area (TPSA) is 82.3 Å². The highest BCUT2D eigenvalue weighted by Crippen LogP contribution is 2.32. The molecule has 142 valence electrons. The molecule has 9 heteroatoms. The Bertz CT molecular complexity index is 930. The van der Waals surface area contributed by atoms with E-state index < -0.39 is 11.4 Å². The summed E-state index contributed by atoms with van der Waals surface area (Å²) in [6.45, 7) is 7.44. The van der Waals surface area contributed by atoms with E-state index in [0.29, 0.717) is 37.4 Å². The number of halogens is 2. The number of anilines is 1. The first-order valence-corrected chi connectivity index (χ1v) is 9.26. The van der Waals surface area contributed by atoms with Crippen molar-refractivity contribution in [2.45, 2.75) is 26.4 Å². The number of piperazine rings is 1. The molecule has 0 aliphatic carbocycles. The highest BCUT2D eigenvalue weighted by molar-refractivity contribution is 9.10. The lowest BCUT2D eigenvalue weighted by Crippen LogP contribution is -2.50. The Morgan fingerprint density at radius 1 is 1.30 bits per heavy atom. The van der Waals surface area contributed by atoms with Gasteiger partial charge in [-0.05, 0) is 42.8 Å². The lowest BCUT2D eigenvalue weighted by atomic mass is 10.1. The summed E-state index contributed by atoms with van der Waals surface area (Å²) >= 11 is 3.10. The monoisotopic (exact) mass is 435 g/mol. The summed E-state index contributed by atoms with van der Waals surface area (Å²) in [5.74, 6) is -0.0353. The SMILES string of the molecule is CC(C)(C)OC(=O)N1CCN(c2ncnc3c(F)c(Br)c(C#N)cc23)CC1. The maximum absolute atomic E-state index is 14.5. The first-order chi connectivity index (χ1) is 12.7. The van der Waals surface area contributed by atoms with Gasteiger partial charge in [-0.15, -0.1) is 0 Å². The first-order valence-electron chi connectivity index (χ1n) is 8.47. The van der Waals surface area contributed by atoms with Crippen LogP contribution >= 0.6 is 15.9 Å². The summed E-state index contributed by atoms with van der Waals surface area (Å²) in [4.78, 5) is 24.1. The molecule has 1 aromatic heterocycles. The fourth-order valence-corrected chi connectivity index (χ4v) is 3.28. The Labute approximate surface area is 164 Å². The van der Waals surface area contributed by atoms with E-state index in [9.17, 15) is 14.4 Å². The first kappa shape index (κ1) is 19.3. The number of fused-ring (bicyclic) bond motifs is 1. The largest absolute Gasteiger partial charge is 0.444 e. The number of nitrogens with zero attached hydrogens (tertiary/aromatic N) is 5. The molecular weight excluding hydrogens is 417 g/mol. The number of aromatic nitrogens is 2. The molecule has 0 N–H and O–H groups in total. The molecular formula is C18H19BrFN5O2. The summed E-state index contributed by atoms with van der Waals surface area (Å²) < 4.78 is 20.0. The number of carbonyl (C=O) groups excluding carboxylic acids is 1. The Kier molecular flexibility index (Phi) is 5.20. The van der Waals surface area contributed by atoms with Crippen LogP contribution in [-0.4, -0.2) is 52.7 Å². The molecule has 1 aromatic carbocycles. The Hall–Kier alpha value is -2.47.